The van der Waals surface area contributed by atoms with E-state index in [2.05, 4.69) is 5.10 Å². The summed E-state index contributed by atoms with van der Waals surface area (Å²) in [6, 6.07) is 5.89. The lowest BCUT2D eigenvalue weighted by Gasteiger charge is -2.04. The molecule has 3 heteroatoms. The molecule has 0 aromatic carbocycles. The summed E-state index contributed by atoms with van der Waals surface area (Å²) in [6.45, 7) is 3.90. The minimum atomic E-state index is 0.0284. The molecular weight excluding hydrogens is 212 g/mol. The molecule has 17 heavy (non-hydrogen) atoms. The Balaban J connectivity index is 2.24. The maximum atomic E-state index is 12.3. The van der Waals surface area contributed by atoms with E-state index in [0.29, 0.717) is 5.92 Å². The Kier molecular flexibility index (Phi) is 2.28. The van der Waals surface area contributed by atoms with Gasteiger partial charge in [-0.1, -0.05) is 19.9 Å². The van der Waals surface area contributed by atoms with E-state index < -0.39 is 0 Å². The van der Waals surface area contributed by atoms with Gasteiger partial charge in [-0.25, -0.2) is 4.52 Å². The maximum Gasteiger partial charge on any atom is 0.169 e. The second-order valence-corrected chi connectivity index (χ2v) is 5.08. The second-order valence-electron chi connectivity index (χ2n) is 5.08. The number of aromatic nitrogens is 2. The number of nitrogens with zero attached hydrogens (tertiary/aromatic N) is 2. The summed E-state index contributed by atoms with van der Waals surface area (Å²) in [6.07, 6.45) is 4.25. The fourth-order valence-electron chi connectivity index (χ4n) is 2.20. The minimum absolute atomic E-state index is 0.0284. The van der Waals surface area contributed by atoms with Crippen molar-refractivity contribution >= 4 is 11.3 Å². The zero-order valence-electron chi connectivity index (χ0n) is 10.2. The minimum Gasteiger partial charge on any atom is -0.294 e. The third-order valence-corrected chi connectivity index (χ3v) is 3.30. The Bertz CT molecular complexity index is 579. The lowest BCUT2D eigenvalue weighted by Crippen LogP contribution is -2.09. The molecule has 1 aliphatic carbocycles. The Morgan fingerprint density at radius 1 is 1.41 bits per heavy atom. The highest BCUT2D eigenvalue weighted by Crippen LogP contribution is 2.42. The van der Waals surface area contributed by atoms with Crippen molar-refractivity contribution in [1.29, 1.82) is 0 Å². The normalized spacial score (nSPS) is 15.7. The van der Waals surface area contributed by atoms with Gasteiger partial charge < -0.3 is 0 Å². The topological polar surface area (TPSA) is 34.4 Å². The third-order valence-electron chi connectivity index (χ3n) is 3.30. The summed E-state index contributed by atoms with van der Waals surface area (Å²) in [5.74, 6) is 0.751. The maximum absolute atomic E-state index is 12.3. The molecule has 88 valence electrons. The lowest BCUT2D eigenvalue weighted by molar-refractivity contribution is 0.0940. The zero-order chi connectivity index (χ0) is 12.0. The number of pyridine rings is 1. The van der Waals surface area contributed by atoms with E-state index in [0.717, 1.165) is 16.8 Å². The Morgan fingerprint density at radius 3 is 2.82 bits per heavy atom. The highest BCUT2D eigenvalue weighted by molar-refractivity contribution is 6.04. The van der Waals surface area contributed by atoms with Crippen LogP contribution >= 0.6 is 0 Å². The molecule has 0 bridgehead atoms. The molecule has 2 aromatic rings. The van der Waals surface area contributed by atoms with Crippen molar-refractivity contribution in [2.24, 2.45) is 5.92 Å². The lowest BCUT2D eigenvalue weighted by atomic mass is 9.98. The quantitative estimate of drug-likeness (QED) is 0.757. The molecule has 0 unspecified atom stereocenters. The molecule has 3 rings (SSSR count). The number of Topliss-reactive ketones (excluding diaryl/α,β-unsaturated/α-hetero) is 1. The predicted octanol–water partition coefficient (Wildman–Crippen LogP) is 3.05. The van der Waals surface area contributed by atoms with Crippen molar-refractivity contribution in [1.82, 2.24) is 9.61 Å². The molecule has 0 aliphatic heterocycles. The number of carbonyl (C=O) groups is 1. The highest BCUT2D eigenvalue weighted by Gasteiger charge is 2.33. The first-order valence-corrected chi connectivity index (χ1v) is 6.20. The Morgan fingerprint density at radius 2 is 2.18 bits per heavy atom. The van der Waals surface area contributed by atoms with E-state index in [-0.39, 0.29) is 11.7 Å². The van der Waals surface area contributed by atoms with Gasteiger partial charge >= 0.3 is 0 Å². The molecule has 0 N–H and O–H groups in total. The van der Waals surface area contributed by atoms with Crippen LogP contribution in [0, 0.1) is 5.92 Å². The van der Waals surface area contributed by atoms with Crippen LogP contribution in [-0.2, 0) is 0 Å². The Hall–Kier alpha value is -1.64. The summed E-state index contributed by atoms with van der Waals surface area (Å²) in [4.78, 5) is 12.3. The van der Waals surface area contributed by atoms with Gasteiger partial charge in [-0.3, -0.25) is 4.79 Å². The monoisotopic (exact) mass is 228 g/mol. The van der Waals surface area contributed by atoms with Crippen molar-refractivity contribution in [3.8, 4) is 0 Å². The van der Waals surface area contributed by atoms with Crippen molar-refractivity contribution < 1.29 is 4.79 Å². The van der Waals surface area contributed by atoms with E-state index in [1.807, 2.05) is 42.8 Å². The van der Waals surface area contributed by atoms with Gasteiger partial charge in [0.1, 0.15) is 0 Å². The SMILES string of the molecule is CC(C)C(=O)c1c(C2CC2)nn2ccccc12. The summed E-state index contributed by atoms with van der Waals surface area (Å²) < 4.78 is 1.84. The number of ketones is 1. The van der Waals surface area contributed by atoms with Gasteiger partial charge in [0.25, 0.3) is 0 Å². The zero-order valence-corrected chi connectivity index (χ0v) is 10.2. The van der Waals surface area contributed by atoms with Crippen LogP contribution in [0.3, 0.4) is 0 Å². The van der Waals surface area contributed by atoms with E-state index >= 15 is 0 Å². The van der Waals surface area contributed by atoms with Gasteiger partial charge in [-0.05, 0) is 25.0 Å². The van der Waals surface area contributed by atoms with Crippen molar-refractivity contribution in [3.63, 3.8) is 0 Å². The molecule has 2 heterocycles. The molecule has 3 nitrogen and oxygen atoms in total. The largest absolute Gasteiger partial charge is 0.294 e. The summed E-state index contributed by atoms with van der Waals surface area (Å²) >= 11 is 0. The van der Waals surface area contributed by atoms with E-state index in [9.17, 15) is 4.79 Å². The van der Waals surface area contributed by atoms with Crippen LogP contribution in [0.5, 0.6) is 0 Å². The number of fused-ring (bicyclic) bond motifs is 1. The standard InChI is InChI=1S/C14H16N2O/c1-9(2)14(17)12-11-5-3-4-8-16(11)15-13(12)10-6-7-10/h3-5,8-10H,6-7H2,1-2H3. The van der Waals surface area contributed by atoms with Crippen LogP contribution in [0.1, 0.15) is 48.7 Å². The van der Waals surface area contributed by atoms with Crippen LogP contribution in [0.25, 0.3) is 5.52 Å². The van der Waals surface area contributed by atoms with Gasteiger partial charge in [0, 0.05) is 18.0 Å². The van der Waals surface area contributed by atoms with Crippen LogP contribution < -0.4 is 0 Å². The highest BCUT2D eigenvalue weighted by atomic mass is 16.1. The molecule has 0 atom stereocenters. The van der Waals surface area contributed by atoms with Gasteiger partial charge in [0.05, 0.1) is 16.8 Å². The number of hydrogen-bond acceptors (Lipinski definition) is 2. The van der Waals surface area contributed by atoms with Crippen LogP contribution in [-0.4, -0.2) is 15.4 Å². The first-order chi connectivity index (χ1) is 8.18. The average Bonchev–Trinajstić information content (AvgIpc) is 3.09. The predicted molar refractivity (Wildman–Crippen MR) is 66.3 cm³/mol. The molecule has 0 spiro atoms. The van der Waals surface area contributed by atoms with Crippen molar-refractivity contribution in [2.75, 3.05) is 0 Å². The van der Waals surface area contributed by atoms with Crippen LogP contribution in [0.4, 0.5) is 0 Å². The second kappa shape index (κ2) is 3.69. The molecular formula is C14H16N2O. The number of carbonyl (C=O) groups excluding carboxylic acids is 1. The van der Waals surface area contributed by atoms with Crippen molar-refractivity contribution in [3.05, 3.63) is 35.7 Å². The summed E-state index contributed by atoms with van der Waals surface area (Å²) in [5.41, 5.74) is 2.81. The molecule has 0 saturated heterocycles. The summed E-state index contributed by atoms with van der Waals surface area (Å²) in [5, 5.41) is 4.57. The van der Waals surface area contributed by atoms with E-state index in [4.69, 9.17) is 0 Å². The average molecular weight is 228 g/mol. The first kappa shape index (κ1) is 10.5. The number of hydrogen-bond donors (Lipinski definition) is 0. The van der Waals surface area contributed by atoms with Gasteiger partial charge in [0.2, 0.25) is 0 Å². The van der Waals surface area contributed by atoms with Crippen molar-refractivity contribution in [2.45, 2.75) is 32.6 Å². The fraction of sp³-hybridized carbons (Fsp3) is 0.429. The number of rotatable bonds is 3. The van der Waals surface area contributed by atoms with Crippen LogP contribution in [0.15, 0.2) is 24.4 Å². The molecule has 0 amide bonds. The first-order valence-electron chi connectivity index (χ1n) is 6.20. The fourth-order valence-corrected chi connectivity index (χ4v) is 2.20. The molecule has 1 fully saturated rings. The van der Waals surface area contributed by atoms with Crippen LogP contribution in [0.2, 0.25) is 0 Å². The summed E-state index contributed by atoms with van der Waals surface area (Å²) in [7, 11) is 0. The molecule has 2 aromatic heterocycles. The molecule has 0 radical (unpaired) electrons. The van der Waals surface area contributed by atoms with E-state index in [1.54, 1.807) is 0 Å². The van der Waals surface area contributed by atoms with E-state index in [1.165, 1.54) is 12.8 Å². The molecule has 1 aliphatic rings. The van der Waals surface area contributed by atoms with Gasteiger partial charge in [0.15, 0.2) is 5.78 Å². The van der Waals surface area contributed by atoms with Gasteiger partial charge in [-0.2, -0.15) is 5.10 Å². The van der Waals surface area contributed by atoms with Gasteiger partial charge in [-0.15, -0.1) is 0 Å². The Labute approximate surface area is 100 Å². The smallest absolute Gasteiger partial charge is 0.169 e. The third kappa shape index (κ3) is 1.66. The molecule has 1 saturated carbocycles.